The number of carbonyl (C=O) groups is 5. The van der Waals surface area contributed by atoms with Crippen molar-refractivity contribution in [1.82, 2.24) is 45.2 Å². The summed E-state index contributed by atoms with van der Waals surface area (Å²) >= 11 is 0. The SMILES string of the molecule is CN1C[C@@H](N2CCC(C(=O)N3CCN(c4ccc5c(c4)C(=O)N(C4CCC(=O)NC4=O)C5=O)CC3)CC2)C[C@H]1COc1nc(N2CC3CCC(C2)N3)c2cnc(-c3cccc4ccccc34)c(F)c2n1. The number of halogens is 1. The Morgan fingerprint density at radius 3 is 2.33 bits per heavy atom. The molecule has 5 amide bonds. The minimum Gasteiger partial charge on any atom is -0.462 e. The summed E-state index contributed by atoms with van der Waals surface area (Å²) in [6, 6.07) is 19.2. The maximum atomic E-state index is 16.9. The van der Waals surface area contributed by atoms with Gasteiger partial charge in [-0.15, -0.1) is 0 Å². The molecule has 5 aromatic rings. The Morgan fingerprint density at radius 2 is 1.54 bits per heavy atom. The van der Waals surface area contributed by atoms with E-state index in [-0.39, 0.29) is 59.1 Å². The van der Waals surface area contributed by atoms with Crippen LogP contribution >= 0.6 is 0 Å². The minimum absolute atomic E-state index is 0.0511. The highest BCUT2D eigenvalue weighted by molar-refractivity contribution is 6.23. The van der Waals surface area contributed by atoms with Crippen molar-refractivity contribution in [2.24, 2.45) is 5.92 Å². The number of nitrogens with one attached hydrogen (secondary N) is 2. The van der Waals surface area contributed by atoms with Crippen LogP contribution in [0.15, 0.2) is 66.9 Å². The highest BCUT2D eigenvalue weighted by Crippen LogP contribution is 2.37. The van der Waals surface area contributed by atoms with E-state index in [9.17, 15) is 24.0 Å². The third-order valence-electron chi connectivity index (χ3n) is 16.1. The molecule has 12 rings (SSSR count). The lowest BCUT2D eigenvalue weighted by Gasteiger charge is -2.40. The van der Waals surface area contributed by atoms with Gasteiger partial charge in [0, 0.05) is 99.8 Å². The largest absolute Gasteiger partial charge is 0.462 e. The zero-order valence-corrected chi connectivity index (χ0v) is 39.2. The third kappa shape index (κ3) is 7.98. The van der Waals surface area contributed by atoms with Gasteiger partial charge in [-0.1, -0.05) is 42.5 Å². The number of ether oxygens (including phenoxy) is 1. The lowest BCUT2D eigenvalue weighted by molar-refractivity contribution is -0.138. The fourth-order valence-electron chi connectivity index (χ4n) is 12.2. The molecule has 9 heterocycles. The molecule has 2 bridgehead atoms. The molecule has 0 radical (unpaired) electrons. The number of fused-ring (bicyclic) bond motifs is 5. The second-order valence-corrected chi connectivity index (χ2v) is 20.2. The molecule has 3 unspecified atom stereocenters. The summed E-state index contributed by atoms with van der Waals surface area (Å²) in [5.74, 6) is -1.81. The number of anilines is 2. The molecule has 0 spiro atoms. The second-order valence-electron chi connectivity index (χ2n) is 20.2. The first-order valence-corrected chi connectivity index (χ1v) is 24.9. The lowest BCUT2D eigenvalue weighted by Crippen LogP contribution is -2.54. The van der Waals surface area contributed by atoms with E-state index in [2.05, 4.69) is 37.3 Å². The molecule has 0 aliphatic carbocycles. The van der Waals surface area contributed by atoms with Crippen molar-refractivity contribution in [3.8, 4) is 17.3 Å². The highest BCUT2D eigenvalue weighted by Gasteiger charge is 2.45. The van der Waals surface area contributed by atoms with Gasteiger partial charge in [-0.2, -0.15) is 9.97 Å². The molecule has 17 nitrogen and oxygen atoms in total. The average Bonchev–Trinajstić information content (AvgIpc) is 4.02. The summed E-state index contributed by atoms with van der Waals surface area (Å²) in [4.78, 5) is 91.4. The van der Waals surface area contributed by atoms with Crippen molar-refractivity contribution in [2.45, 2.75) is 75.2 Å². The van der Waals surface area contributed by atoms with E-state index in [1.165, 1.54) is 0 Å². The van der Waals surface area contributed by atoms with Gasteiger partial charge >= 0.3 is 6.01 Å². The summed E-state index contributed by atoms with van der Waals surface area (Å²) in [5, 5.41) is 8.43. The topological polar surface area (TPSA) is 177 Å². The van der Waals surface area contributed by atoms with Crippen LogP contribution in [0, 0.1) is 11.7 Å². The van der Waals surface area contributed by atoms with Crippen LogP contribution < -0.4 is 25.2 Å². The number of likely N-dealkylation sites (tertiary alicyclic amines) is 2. The van der Waals surface area contributed by atoms with Crippen molar-refractivity contribution in [1.29, 1.82) is 0 Å². The van der Waals surface area contributed by atoms with Gasteiger partial charge in [0.2, 0.25) is 17.7 Å². The first-order valence-electron chi connectivity index (χ1n) is 24.9. The summed E-state index contributed by atoms with van der Waals surface area (Å²) in [7, 11) is 2.12. The fraction of sp³-hybridized carbons (Fsp3) is 0.462. The van der Waals surface area contributed by atoms with E-state index < -0.39 is 35.5 Å². The maximum absolute atomic E-state index is 16.9. The number of pyridine rings is 1. The van der Waals surface area contributed by atoms with E-state index in [1.54, 1.807) is 18.3 Å². The number of hydrogen-bond acceptors (Lipinski definition) is 14. The molecule has 2 aromatic heterocycles. The normalized spacial score (nSPS) is 25.7. The van der Waals surface area contributed by atoms with E-state index in [4.69, 9.17) is 19.7 Å². The smallest absolute Gasteiger partial charge is 0.319 e. The van der Waals surface area contributed by atoms with Crippen LogP contribution in [0.25, 0.3) is 32.9 Å². The number of aromatic nitrogens is 3. The highest BCUT2D eigenvalue weighted by atomic mass is 19.1. The van der Waals surface area contributed by atoms with Gasteiger partial charge in [0.15, 0.2) is 5.82 Å². The number of piperazine rings is 2. The number of likely N-dealkylation sites (N-methyl/N-ethyl adjacent to an activating group) is 1. The first-order chi connectivity index (χ1) is 34.0. The van der Waals surface area contributed by atoms with Gasteiger partial charge in [-0.25, -0.2) is 4.39 Å². The number of piperidine rings is 2. The average molecular weight is 950 g/mol. The number of benzene rings is 3. The molecule has 6 saturated heterocycles. The lowest BCUT2D eigenvalue weighted by atomic mass is 9.93. The van der Waals surface area contributed by atoms with Crippen LogP contribution in [0.3, 0.4) is 0 Å². The van der Waals surface area contributed by atoms with Crippen LogP contribution in [0.5, 0.6) is 6.01 Å². The maximum Gasteiger partial charge on any atom is 0.319 e. The number of nitrogens with zero attached hydrogens (tertiary/aromatic N) is 9. The Balaban J connectivity index is 0.667. The Kier molecular flexibility index (Phi) is 11.4. The molecular formula is C52H56FN11O6. The van der Waals surface area contributed by atoms with Crippen molar-refractivity contribution in [3.63, 3.8) is 0 Å². The number of imide groups is 2. The predicted molar refractivity (Wildman–Crippen MR) is 259 cm³/mol. The third-order valence-corrected chi connectivity index (χ3v) is 16.1. The molecule has 0 saturated carbocycles. The summed E-state index contributed by atoms with van der Waals surface area (Å²) < 4.78 is 23.4. The molecule has 5 atom stereocenters. The standard InChI is InChI=1S/C52H56FN11O6/c1-59-28-35(60-17-15-31(16-18-60)49(67)62-21-19-61(20-22-62)34-11-12-39-40(24-34)51(69)64(50(39)68)42-13-14-43(65)56-48(42)66)23-36(59)29-70-52-57-46-41(47(58-52)63-26-32-9-10-33(27-63)55-32)25-54-45(44(46)53)38-8-4-6-30-5-2-3-7-37(30)38/h2-8,11-12,24-25,31-33,35-36,42,55H,9-10,13-23,26-29H2,1H3,(H,56,65,66)/t32?,33?,35-,36-,42?/m0/s1. The van der Waals surface area contributed by atoms with E-state index in [0.717, 1.165) is 86.2 Å². The van der Waals surface area contributed by atoms with Crippen LogP contribution in [-0.2, 0) is 14.4 Å². The zero-order chi connectivity index (χ0) is 47.8. The van der Waals surface area contributed by atoms with Crippen molar-refractivity contribution >= 4 is 62.7 Å². The quantitative estimate of drug-likeness (QED) is 0.204. The molecule has 7 aliphatic rings. The molecule has 18 heteroatoms. The summed E-state index contributed by atoms with van der Waals surface area (Å²) in [6.45, 7) is 6.69. The number of hydrogen-bond donors (Lipinski definition) is 2. The van der Waals surface area contributed by atoms with Gasteiger partial charge in [0.1, 0.15) is 29.7 Å². The summed E-state index contributed by atoms with van der Waals surface area (Å²) in [6.07, 6.45) is 6.54. The Hall–Kier alpha value is -6.63. The summed E-state index contributed by atoms with van der Waals surface area (Å²) in [5.41, 5.74) is 2.44. The second kappa shape index (κ2) is 18.0. The zero-order valence-electron chi connectivity index (χ0n) is 39.2. The molecule has 6 fully saturated rings. The van der Waals surface area contributed by atoms with Gasteiger partial charge in [0.05, 0.1) is 16.5 Å². The Morgan fingerprint density at radius 1 is 0.786 bits per heavy atom. The molecule has 2 N–H and O–H groups in total. The van der Waals surface area contributed by atoms with Gasteiger partial charge < -0.3 is 24.8 Å². The van der Waals surface area contributed by atoms with Crippen LogP contribution in [0.2, 0.25) is 0 Å². The monoisotopic (exact) mass is 949 g/mol. The Labute approximate surface area is 404 Å². The van der Waals surface area contributed by atoms with Crippen LogP contribution in [-0.4, -0.2) is 167 Å². The Bertz CT molecular complexity index is 2940. The van der Waals surface area contributed by atoms with E-state index in [1.807, 2.05) is 53.4 Å². The predicted octanol–water partition coefficient (Wildman–Crippen LogP) is 3.84. The van der Waals surface area contributed by atoms with Gasteiger partial charge in [0.25, 0.3) is 11.8 Å². The molecule has 362 valence electrons. The van der Waals surface area contributed by atoms with Crippen molar-refractivity contribution in [3.05, 3.63) is 83.8 Å². The van der Waals surface area contributed by atoms with E-state index in [0.29, 0.717) is 67.7 Å². The number of rotatable bonds is 9. The number of carbonyl (C=O) groups excluding carboxylic acids is 5. The molecule has 70 heavy (non-hydrogen) atoms. The first kappa shape index (κ1) is 44.6. The van der Waals surface area contributed by atoms with Crippen LogP contribution in [0.4, 0.5) is 15.9 Å². The van der Waals surface area contributed by atoms with Crippen molar-refractivity contribution < 1.29 is 33.1 Å². The van der Waals surface area contributed by atoms with Gasteiger partial charge in [-0.3, -0.25) is 49.0 Å². The molecule has 3 aromatic carbocycles. The van der Waals surface area contributed by atoms with Crippen molar-refractivity contribution in [2.75, 3.05) is 82.4 Å². The minimum atomic E-state index is -1.01. The molecule has 7 aliphatic heterocycles. The molecular weight excluding hydrogens is 894 g/mol. The fourth-order valence-corrected chi connectivity index (χ4v) is 12.2. The van der Waals surface area contributed by atoms with Gasteiger partial charge in [-0.05, 0) is 87.6 Å². The number of amides is 5. The van der Waals surface area contributed by atoms with Crippen LogP contribution in [0.1, 0.15) is 65.7 Å². The van der Waals surface area contributed by atoms with E-state index >= 15 is 4.39 Å².